The zero-order valence-electron chi connectivity index (χ0n) is 11.9. The molecule has 0 aliphatic heterocycles. The number of aryl methyl sites for hydroxylation is 1. The minimum absolute atomic E-state index is 0.660. The van der Waals surface area contributed by atoms with Gasteiger partial charge in [-0.15, -0.1) is 0 Å². The predicted octanol–water partition coefficient (Wildman–Crippen LogP) is 4.80. The van der Waals surface area contributed by atoms with Crippen LogP contribution in [0.1, 0.15) is 24.5 Å². The van der Waals surface area contributed by atoms with E-state index >= 15 is 0 Å². The van der Waals surface area contributed by atoms with Gasteiger partial charge in [-0.1, -0.05) is 30.7 Å². The average Bonchev–Trinajstić information content (AvgIpc) is 2.95. The Balaban J connectivity index is 1.92. The molecule has 0 saturated carbocycles. The lowest BCUT2D eigenvalue weighted by Crippen LogP contribution is -2.24. The van der Waals surface area contributed by atoms with E-state index < -0.39 is 0 Å². The molecular formula is C17H22ClNS. The SMILES string of the molecule is CCNCC(CCc1ccsc1)Cc1cccc(Cl)c1. The summed E-state index contributed by atoms with van der Waals surface area (Å²) >= 11 is 7.86. The first-order valence-electron chi connectivity index (χ1n) is 7.24. The largest absolute Gasteiger partial charge is 0.317 e. The first-order valence-corrected chi connectivity index (χ1v) is 8.56. The van der Waals surface area contributed by atoms with Gasteiger partial charge >= 0.3 is 0 Å². The molecular weight excluding hydrogens is 286 g/mol. The minimum Gasteiger partial charge on any atom is -0.317 e. The van der Waals surface area contributed by atoms with Gasteiger partial charge in [0.05, 0.1) is 0 Å². The Morgan fingerprint density at radius 2 is 2.15 bits per heavy atom. The second kappa shape index (κ2) is 8.46. The Bertz CT molecular complexity index is 495. The van der Waals surface area contributed by atoms with Crippen LogP contribution in [0.2, 0.25) is 5.02 Å². The molecule has 3 heteroatoms. The molecule has 1 atom stereocenters. The van der Waals surface area contributed by atoms with Crippen LogP contribution in [0, 0.1) is 5.92 Å². The van der Waals surface area contributed by atoms with E-state index in [1.807, 2.05) is 12.1 Å². The molecule has 0 fully saturated rings. The molecule has 1 N–H and O–H groups in total. The number of thiophene rings is 1. The summed E-state index contributed by atoms with van der Waals surface area (Å²) in [5.74, 6) is 0.660. The van der Waals surface area contributed by atoms with Crippen LogP contribution in [0.25, 0.3) is 0 Å². The Kier molecular flexibility index (Phi) is 6.58. The highest BCUT2D eigenvalue weighted by molar-refractivity contribution is 7.07. The van der Waals surface area contributed by atoms with E-state index in [2.05, 4.69) is 41.2 Å². The monoisotopic (exact) mass is 307 g/mol. The summed E-state index contributed by atoms with van der Waals surface area (Å²) in [6.45, 7) is 4.27. The zero-order valence-corrected chi connectivity index (χ0v) is 13.5. The molecule has 2 aromatic rings. The molecule has 1 heterocycles. The molecule has 0 radical (unpaired) electrons. The van der Waals surface area contributed by atoms with E-state index in [4.69, 9.17) is 11.6 Å². The molecule has 0 saturated heterocycles. The maximum absolute atomic E-state index is 6.08. The van der Waals surface area contributed by atoms with Crippen molar-refractivity contribution in [3.8, 4) is 0 Å². The van der Waals surface area contributed by atoms with Gasteiger partial charge in [0.25, 0.3) is 0 Å². The topological polar surface area (TPSA) is 12.0 Å². The zero-order chi connectivity index (χ0) is 14.2. The van der Waals surface area contributed by atoms with E-state index in [0.717, 1.165) is 24.5 Å². The van der Waals surface area contributed by atoms with Crippen LogP contribution in [-0.4, -0.2) is 13.1 Å². The molecule has 108 valence electrons. The van der Waals surface area contributed by atoms with E-state index in [-0.39, 0.29) is 0 Å². The van der Waals surface area contributed by atoms with Crippen molar-refractivity contribution in [1.82, 2.24) is 5.32 Å². The van der Waals surface area contributed by atoms with Crippen LogP contribution in [0.3, 0.4) is 0 Å². The molecule has 0 spiro atoms. The first-order chi connectivity index (χ1) is 9.78. The fourth-order valence-electron chi connectivity index (χ4n) is 2.43. The number of hydrogen-bond acceptors (Lipinski definition) is 2. The molecule has 0 amide bonds. The van der Waals surface area contributed by atoms with Gasteiger partial charge in [-0.2, -0.15) is 11.3 Å². The molecule has 20 heavy (non-hydrogen) atoms. The summed E-state index contributed by atoms with van der Waals surface area (Å²) in [4.78, 5) is 0. The Hall–Kier alpha value is -0.830. The molecule has 0 aliphatic rings. The third-order valence-electron chi connectivity index (χ3n) is 3.52. The number of halogens is 1. The normalized spacial score (nSPS) is 12.5. The van der Waals surface area contributed by atoms with Crippen LogP contribution < -0.4 is 5.32 Å². The van der Waals surface area contributed by atoms with Crippen molar-refractivity contribution in [2.24, 2.45) is 5.92 Å². The molecule has 1 nitrogen and oxygen atoms in total. The first kappa shape index (κ1) is 15.6. The highest BCUT2D eigenvalue weighted by Gasteiger charge is 2.10. The molecule has 2 rings (SSSR count). The third-order valence-corrected chi connectivity index (χ3v) is 4.48. The quantitative estimate of drug-likeness (QED) is 0.738. The van der Waals surface area contributed by atoms with Crippen molar-refractivity contribution in [2.45, 2.75) is 26.2 Å². The van der Waals surface area contributed by atoms with Crippen molar-refractivity contribution in [2.75, 3.05) is 13.1 Å². The van der Waals surface area contributed by atoms with Crippen LogP contribution in [0.15, 0.2) is 41.1 Å². The van der Waals surface area contributed by atoms with Gasteiger partial charge in [0.1, 0.15) is 0 Å². The van der Waals surface area contributed by atoms with Gasteiger partial charge in [-0.05, 0) is 78.4 Å². The molecule has 0 aliphatic carbocycles. The summed E-state index contributed by atoms with van der Waals surface area (Å²) in [6.07, 6.45) is 3.48. The lowest BCUT2D eigenvalue weighted by molar-refractivity contribution is 0.449. The van der Waals surface area contributed by atoms with E-state index in [9.17, 15) is 0 Å². The van der Waals surface area contributed by atoms with Gasteiger partial charge in [0, 0.05) is 5.02 Å². The van der Waals surface area contributed by atoms with Crippen molar-refractivity contribution < 1.29 is 0 Å². The predicted molar refractivity (Wildman–Crippen MR) is 89.8 cm³/mol. The Morgan fingerprint density at radius 3 is 2.85 bits per heavy atom. The average molecular weight is 308 g/mol. The highest BCUT2D eigenvalue weighted by Crippen LogP contribution is 2.19. The van der Waals surface area contributed by atoms with E-state index in [1.54, 1.807) is 11.3 Å². The van der Waals surface area contributed by atoms with Gasteiger partial charge in [0.15, 0.2) is 0 Å². The van der Waals surface area contributed by atoms with Crippen molar-refractivity contribution in [3.63, 3.8) is 0 Å². The maximum Gasteiger partial charge on any atom is 0.0408 e. The summed E-state index contributed by atoms with van der Waals surface area (Å²) in [6, 6.07) is 10.5. The van der Waals surface area contributed by atoms with Crippen molar-refractivity contribution in [3.05, 3.63) is 57.2 Å². The molecule has 1 aromatic carbocycles. The second-order valence-electron chi connectivity index (χ2n) is 5.18. The lowest BCUT2D eigenvalue weighted by Gasteiger charge is -2.17. The standard InChI is InChI=1S/C17H22ClNS/c1-2-19-12-16(7-6-14-8-9-20-13-14)10-15-4-3-5-17(18)11-15/h3-5,8-9,11,13,16,19H,2,6-7,10,12H2,1H3. The van der Waals surface area contributed by atoms with Crippen LogP contribution in [0.4, 0.5) is 0 Å². The fraction of sp³-hybridized carbons (Fsp3) is 0.412. The highest BCUT2D eigenvalue weighted by atomic mass is 35.5. The fourth-order valence-corrected chi connectivity index (χ4v) is 3.34. The molecule has 1 aromatic heterocycles. The van der Waals surface area contributed by atoms with Crippen LogP contribution in [-0.2, 0) is 12.8 Å². The lowest BCUT2D eigenvalue weighted by atomic mass is 9.93. The summed E-state index contributed by atoms with van der Waals surface area (Å²) in [5.41, 5.74) is 2.80. The number of hydrogen-bond donors (Lipinski definition) is 1. The van der Waals surface area contributed by atoms with E-state index in [0.29, 0.717) is 5.92 Å². The van der Waals surface area contributed by atoms with Gasteiger partial charge in [-0.25, -0.2) is 0 Å². The molecule has 0 bridgehead atoms. The number of nitrogens with one attached hydrogen (secondary N) is 1. The van der Waals surface area contributed by atoms with Crippen LogP contribution >= 0.6 is 22.9 Å². The summed E-state index contributed by atoms with van der Waals surface area (Å²) < 4.78 is 0. The number of rotatable bonds is 8. The summed E-state index contributed by atoms with van der Waals surface area (Å²) in [5, 5.41) is 8.73. The Morgan fingerprint density at radius 1 is 1.25 bits per heavy atom. The van der Waals surface area contributed by atoms with Gasteiger partial charge in [0.2, 0.25) is 0 Å². The van der Waals surface area contributed by atoms with Crippen LogP contribution in [0.5, 0.6) is 0 Å². The second-order valence-corrected chi connectivity index (χ2v) is 6.39. The smallest absolute Gasteiger partial charge is 0.0408 e. The summed E-state index contributed by atoms with van der Waals surface area (Å²) in [7, 11) is 0. The van der Waals surface area contributed by atoms with Gasteiger partial charge in [-0.3, -0.25) is 0 Å². The van der Waals surface area contributed by atoms with E-state index in [1.165, 1.54) is 24.0 Å². The van der Waals surface area contributed by atoms with Crippen molar-refractivity contribution in [1.29, 1.82) is 0 Å². The minimum atomic E-state index is 0.660. The third kappa shape index (κ3) is 5.28. The Labute approximate surface area is 131 Å². The number of benzene rings is 1. The molecule has 1 unspecified atom stereocenters. The van der Waals surface area contributed by atoms with Crippen molar-refractivity contribution >= 4 is 22.9 Å². The maximum atomic E-state index is 6.08. The van der Waals surface area contributed by atoms with Gasteiger partial charge < -0.3 is 5.32 Å².